The third-order valence-corrected chi connectivity index (χ3v) is 5.07. The Bertz CT molecular complexity index is 1150. The van der Waals surface area contributed by atoms with Crippen LogP contribution in [0.4, 0.5) is 11.4 Å². The number of anilines is 1. The lowest BCUT2D eigenvalue weighted by molar-refractivity contribution is -0.110. The van der Waals surface area contributed by atoms with Gasteiger partial charge in [-0.15, -0.1) is 0 Å². The summed E-state index contributed by atoms with van der Waals surface area (Å²) in [5.41, 5.74) is 3.42. The molecule has 0 bridgehead atoms. The van der Waals surface area contributed by atoms with Gasteiger partial charge in [0, 0.05) is 21.7 Å². The van der Waals surface area contributed by atoms with Crippen LogP contribution in [-0.2, 0) is 4.79 Å². The standard InChI is InChI=1S/C22H14Cl2N2O2/c1-12-7-9-16(24)18-19(12)26-22(28)20(18)25-17-10-8-14(23)11-15(17)21(27)13-5-3-2-4-6-13/h2-11H,1H3,(H,25,26,28). The first kappa shape index (κ1) is 18.4. The molecule has 138 valence electrons. The fourth-order valence-corrected chi connectivity index (χ4v) is 3.54. The number of aliphatic imine (C=N–C) groups is 1. The summed E-state index contributed by atoms with van der Waals surface area (Å²) < 4.78 is 0. The van der Waals surface area contributed by atoms with Crippen molar-refractivity contribution in [1.29, 1.82) is 0 Å². The number of hydrogen-bond acceptors (Lipinski definition) is 3. The Morgan fingerprint density at radius 2 is 1.75 bits per heavy atom. The molecule has 0 spiro atoms. The minimum absolute atomic E-state index is 0.174. The van der Waals surface area contributed by atoms with Gasteiger partial charge in [0.05, 0.1) is 16.4 Å². The van der Waals surface area contributed by atoms with E-state index in [1.807, 2.05) is 19.1 Å². The zero-order valence-electron chi connectivity index (χ0n) is 14.8. The Hall–Kier alpha value is -2.95. The maximum atomic E-state index is 13.0. The number of aryl methyl sites for hydroxylation is 1. The van der Waals surface area contributed by atoms with Crippen LogP contribution < -0.4 is 5.32 Å². The Morgan fingerprint density at radius 3 is 2.50 bits per heavy atom. The minimum Gasteiger partial charge on any atom is -0.320 e. The highest BCUT2D eigenvalue weighted by Crippen LogP contribution is 2.35. The smallest absolute Gasteiger partial charge is 0.275 e. The maximum absolute atomic E-state index is 13.0. The van der Waals surface area contributed by atoms with E-state index in [1.54, 1.807) is 48.5 Å². The van der Waals surface area contributed by atoms with Crippen LogP contribution in [-0.4, -0.2) is 17.4 Å². The SMILES string of the molecule is Cc1ccc(Cl)c2c1NC(=O)C2=Nc1ccc(Cl)cc1C(=O)c1ccccc1. The molecule has 4 nitrogen and oxygen atoms in total. The number of hydrogen-bond donors (Lipinski definition) is 1. The number of nitrogens with one attached hydrogen (secondary N) is 1. The third-order valence-electron chi connectivity index (χ3n) is 4.52. The zero-order chi connectivity index (χ0) is 19.8. The van der Waals surface area contributed by atoms with Crippen LogP contribution in [0.2, 0.25) is 10.0 Å². The number of ketones is 1. The van der Waals surface area contributed by atoms with Crippen molar-refractivity contribution in [2.24, 2.45) is 4.99 Å². The number of rotatable bonds is 3. The van der Waals surface area contributed by atoms with E-state index in [2.05, 4.69) is 10.3 Å². The van der Waals surface area contributed by atoms with Crippen LogP contribution in [0.5, 0.6) is 0 Å². The van der Waals surface area contributed by atoms with Gasteiger partial charge in [-0.05, 0) is 36.8 Å². The van der Waals surface area contributed by atoms with Gasteiger partial charge in [-0.1, -0.05) is 59.6 Å². The van der Waals surface area contributed by atoms with Gasteiger partial charge in [-0.3, -0.25) is 9.59 Å². The molecule has 1 N–H and O–H groups in total. The summed E-state index contributed by atoms with van der Waals surface area (Å²) in [7, 11) is 0. The molecule has 0 aliphatic carbocycles. The molecular formula is C22H14Cl2N2O2. The van der Waals surface area contributed by atoms with E-state index < -0.39 is 0 Å². The summed E-state index contributed by atoms with van der Waals surface area (Å²) in [4.78, 5) is 30.0. The Labute approximate surface area is 171 Å². The van der Waals surface area contributed by atoms with E-state index in [1.165, 1.54) is 0 Å². The number of carbonyl (C=O) groups is 2. The summed E-state index contributed by atoms with van der Waals surface area (Å²) in [6.45, 7) is 1.88. The molecule has 0 saturated carbocycles. The van der Waals surface area contributed by atoms with Gasteiger partial charge in [0.15, 0.2) is 5.78 Å². The number of benzene rings is 3. The first-order chi connectivity index (χ1) is 13.5. The van der Waals surface area contributed by atoms with E-state index in [-0.39, 0.29) is 17.4 Å². The highest BCUT2D eigenvalue weighted by atomic mass is 35.5. The molecule has 3 aromatic carbocycles. The molecule has 0 saturated heterocycles. The van der Waals surface area contributed by atoms with Gasteiger partial charge >= 0.3 is 0 Å². The van der Waals surface area contributed by atoms with Crippen molar-refractivity contribution >= 4 is 52.0 Å². The van der Waals surface area contributed by atoms with Crippen molar-refractivity contribution in [3.05, 3.63) is 93.0 Å². The molecule has 0 atom stereocenters. The van der Waals surface area contributed by atoms with E-state index in [4.69, 9.17) is 23.2 Å². The topological polar surface area (TPSA) is 58.5 Å². The quantitative estimate of drug-likeness (QED) is 0.572. The first-order valence-electron chi connectivity index (χ1n) is 8.54. The summed E-state index contributed by atoms with van der Waals surface area (Å²) in [5.74, 6) is -0.587. The second kappa shape index (κ2) is 7.23. The number of halogens is 2. The van der Waals surface area contributed by atoms with Crippen LogP contribution >= 0.6 is 23.2 Å². The van der Waals surface area contributed by atoms with E-state index >= 15 is 0 Å². The van der Waals surface area contributed by atoms with Gasteiger partial charge < -0.3 is 5.32 Å². The fraction of sp³-hybridized carbons (Fsp3) is 0.0455. The van der Waals surface area contributed by atoms with E-state index in [0.29, 0.717) is 38.1 Å². The molecule has 3 aromatic rings. The van der Waals surface area contributed by atoms with Crippen molar-refractivity contribution in [3.63, 3.8) is 0 Å². The minimum atomic E-state index is -0.362. The Morgan fingerprint density at radius 1 is 1.00 bits per heavy atom. The van der Waals surface area contributed by atoms with Crippen molar-refractivity contribution in [3.8, 4) is 0 Å². The van der Waals surface area contributed by atoms with Crippen molar-refractivity contribution < 1.29 is 9.59 Å². The fourth-order valence-electron chi connectivity index (χ4n) is 3.12. The van der Waals surface area contributed by atoms with Crippen molar-refractivity contribution in [2.45, 2.75) is 6.92 Å². The zero-order valence-corrected chi connectivity index (χ0v) is 16.3. The molecule has 0 unspecified atom stereocenters. The summed E-state index contributed by atoms with van der Waals surface area (Å²) in [5, 5.41) is 3.63. The number of amides is 1. The molecule has 0 aromatic heterocycles. The van der Waals surface area contributed by atoms with Crippen LogP contribution in [0.1, 0.15) is 27.0 Å². The van der Waals surface area contributed by atoms with Gasteiger partial charge in [-0.25, -0.2) is 4.99 Å². The predicted octanol–water partition coefficient (Wildman–Crippen LogP) is 5.61. The highest BCUT2D eigenvalue weighted by Gasteiger charge is 2.30. The van der Waals surface area contributed by atoms with Crippen LogP contribution in [0.15, 0.2) is 65.7 Å². The third kappa shape index (κ3) is 3.21. The normalized spacial score (nSPS) is 14.1. The average molecular weight is 409 g/mol. The van der Waals surface area contributed by atoms with Crippen LogP contribution in [0.25, 0.3) is 0 Å². The highest BCUT2D eigenvalue weighted by molar-refractivity contribution is 6.57. The number of nitrogens with zero attached hydrogens (tertiary/aromatic N) is 1. The summed E-state index contributed by atoms with van der Waals surface area (Å²) in [6, 6.07) is 17.2. The van der Waals surface area contributed by atoms with E-state index in [9.17, 15) is 9.59 Å². The molecule has 1 aliphatic heterocycles. The largest absolute Gasteiger partial charge is 0.320 e. The van der Waals surface area contributed by atoms with Gasteiger partial charge in [0.1, 0.15) is 5.71 Å². The predicted molar refractivity (Wildman–Crippen MR) is 112 cm³/mol. The lowest BCUT2D eigenvalue weighted by atomic mass is 10.0. The average Bonchev–Trinajstić information content (AvgIpc) is 3.03. The summed E-state index contributed by atoms with van der Waals surface area (Å²) in [6.07, 6.45) is 0. The number of fused-ring (bicyclic) bond motifs is 1. The Kier molecular flexibility index (Phi) is 4.75. The lowest BCUT2D eigenvalue weighted by Crippen LogP contribution is -2.14. The molecule has 1 aliphatic rings. The molecule has 0 radical (unpaired) electrons. The van der Waals surface area contributed by atoms with Crippen molar-refractivity contribution in [1.82, 2.24) is 0 Å². The van der Waals surface area contributed by atoms with Crippen LogP contribution in [0, 0.1) is 6.92 Å². The monoisotopic (exact) mass is 408 g/mol. The van der Waals surface area contributed by atoms with Gasteiger partial charge in [0.25, 0.3) is 5.91 Å². The van der Waals surface area contributed by atoms with Gasteiger partial charge in [0.2, 0.25) is 0 Å². The Balaban J connectivity index is 1.88. The number of carbonyl (C=O) groups excluding carboxylic acids is 2. The van der Waals surface area contributed by atoms with Gasteiger partial charge in [-0.2, -0.15) is 0 Å². The van der Waals surface area contributed by atoms with Crippen LogP contribution in [0.3, 0.4) is 0 Å². The molecule has 1 heterocycles. The molecule has 28 heavy (non-hydrogen) atoms. The molecular weight excluding hydrogens is 395 g/mol. The first-order valence-corrected chi connectivity index (χ1v) is 9.30. The van der Waals surface area contributed by atoms with Crippen molar-refractivity contribution in [2.75, 3.05) is 5.32 Å². The summed E-state index contributed by atoms with van der Waals surface area (Å²) >= 11 is 12.4. The second-order valence-electron chi connectivity index (χ2n) is 6.39. The molecule has 0 fully saturated rings. The molecule has 4 rings (SSSR count). The lowest BCUT2D eigenvalue weighted by Gasteiger charge is -2.08. The molecule has 1 amide bonds. The maximum Gasteiger partial charge on any atom is 0.275 e. The van der Waals surface area contributed by atoms with E-state index in [0.717, 1.165) is 5.56 Å². The molecule has 6 heteroatoms. The second-order valence-corrected chi connectivity index (χ2v) is 7.23.